The first kappa shape index (κ1) is 7.03. The van der Waals surface area contributed by atoms with Crippen LogP contribution in [0.25, 0.3) is 0 Å². The van der Waals surface area contributed by atoms with E-state index in [0.717, 1.165) is 6.42 Å². The van der Waals surface area contributed by atoms with Gasteiger partial charge in [0.05, 0.1) is 12.2 Å². The molecule has 54 valence electrons. The first-order chi connectivity index (χ1) is 4.09. The van der Waals surface area contributed by atoms with Crippen LogP contribution in [0.1, 0.15) is 20.3 Å². The van der Waals surface area contributed by atoms with E-state index >= 15 is 0 Å². The molecule has 1 aliphatic carbocycles. The first-order valence-electron chi connectivity index (χ1n) is 3.30. The smallest absolute Gasteiger partial charge is 0.0671 e. The molecule has 1 rings (SSSR count). The Hall–Kier alpha value is -0.0800. The van der Waals surface area contributed by atoms with Crippen molar-refractivity contribution in [2.45, 2.75) is 32.5 Å². The maximum Gasteiger partial charge on any atom is 0.0671 e. The maximum absolute atomic E-state index is 9.20. The summed E-state index contributed by atoms with van der Waals surface area (Å²) in [6.45, 7) is 4.05. The Kier molecular flexibility index (Phi) is 1.53. The average molecular weight is 130 g/mol. The van der Waals surface area contributed by atoms with Crippen molar-refractivity contribution < 1.29 is 9.84 Å². The van der Waals surface area contributed by atoms with E-state index in [4.69, 9.17) is 4.74 Å². The van der Waals surface area contributed by atoms with Gasteiger partial charge in [-0.2, -0.15) is 0 Å². The molecule has 0 heterocycles. The van der Waals surface area contributed by atoms with Gasteiger partial charge in [0.15, 0.2) is 0 Å². The zero-order valence-electron chi connectivity index (χ0n) is 6.22. The Morgan fingerprint density at radius 1 is 1.56 bits per heavy atom. The van der Waals surface area contributed by atoms with Gasteiger partial charge in [0.2, 0.25) is 0 Å². The van der Waals surface area contributed by atoms with Crippen LogP contribution in [0.15, 0.2) is 0 Å². The summed E-state index contributed by atoms with van der Waals surface area (Å²) >= 11 is 0. The van der Waals surface area contributed by atoms with E-state index in [0.29, 0.717) is 0 Å². The molecule has 0 bridgehead atoms. The Morgan fingerprint density at radius 2 is 2.11 bits per heavy atom. The van der Waals surface area contributed by atoms with Crippen molar-refractivity contribution in [1.29, 1.82) is 0 Å². The third kappa shape index (κ3) is 0.864. The molecule has 0 aromatic heterocycles. The number of ether oxygens (including phenoxy) is 1. The normalized spacial score (nSPS) is 40.0. The van der Waals surface area contributed by atoms with E-state index in [1.165, 1.54) is 0 Å². The summed E-state index contributed by atoms with van der Waals surface area (Å²) in [7, 11) is 1.69. The van der Waals surface area contributed by atoms with Gasteiger partial charge in [-0.25, -0.2) is 0 Å². The second kappa shape index (κ2) is 1.96. The second-order valence-electron chi connectivity index (χ2n) is 3.30. The molecule has 9 heavy (non-hydrogen) atoms. The van der Waals surface area contributed by atoms with Crippen LogP contribution in [0, 0.1) is 5.41 Å². The molecule has 2 nitrogen and oxygen atoms in total. The minimum Gasteiger partial charge on any atom is -0.392 e. The van der Waals surface area contributed by atoms with Crippen molar-refractivity contribution in [3.63, 3.8) is 0 Å². The number of aliphatic hydroxyl groups is 1. The summed E-state index contributed by atoms with van der Waals surface area (Å²) in [6.07, 6.45) is 0.888. The molecule has 1 fully saturated rings. The summed E-state index contributed by atoms with van der Waals surface area (Å²) in [5, 5.41) is 9.20. The third-order valence-corrected chi connectivity index (χ3v) is 2.41. The first-order valence-corrected chi connectivity index (χ1v) is 3.30. The summed E-state index contributed by atoms with van der Waals surface area (Å²) in [5.74, 6) is 0. The molecule has 1 saturated carbocycles. The number of aliphatic hydroxyl groups excluding tert-OH is 1. The highest BCUT2D eigenvalue weighted by molar-refractivity contribution is 4.97. The predicted molar refractivity (Wildman–Crippen MR) is 35.2 cm³/mol. The minimum absolute atomic E-state index is 0.0191. The van der Waals surface area contributed by atoms with E-state index in [9.17, 15) is 5.11 Å². The molecule has 0 radical (unpaired) electrons. The molecule has 2 heteroatoms. The lowest BCUT2D eigenvalue weighted by Gasteiger charge is -2.48. The SMILES string of the molecule is CO[C@H]1C[C@H](O)C1(C)C. The molecule has 0 saturated heterocycles. The molecule has 0 aromatic rings. The Balaban J connectivity index is 2.48. The molecule has 1 N–H and O–H groups in total. The fraction of sp³-hybridized carbons (Fsp3) is 1.00. The van der Waals surface area contributed by atoms with Gasteiger partial charge in [0.25, 0.3) is 0 Å². The van der Waals surface area contributed by atoms with Gasteiger partial charge in [-0.1, -0.05) is 13.8 Å². The second-order valence-corrected chi connectivity index (χ2v) is 3.30. The van der Waals surface area contributed by atoms with Gasteiger partial charge < -0.3 is 9.84 Å². The van der Waals surface area contributed by atoms with Crippen molar-refractivity contribution in [3.8, 4) is 0 Å². The fourth-order valence-electron chi connectivity index (χ4n) is 1.26. The van der Waals surface area contributed by atoms with Crippen LogP contribution in [0.4, 0.5) is 0 Å². The van der Waals surface area contributed by atoms with Crippen molar-refractivity contribution in [2.75, 3.05) is 7.11 Å². The molecule has 0 unspecified atom stereocenters. The molecule has 0 aliphatic heterocycles. The number of rotatable bonds is 1. The summed E-state index contributed by atoms with van der Waals surface area (Å²) in [6, 6.07) is 0. The monoisotopic (exact) mass is 130 g/mol. The molecule has 0 aromatic carbocycles. The van der Waals surface area contributed by atoms with E-state index in [-0.39, 0.29) is 17.6 Å². The number of hydrogen-bond donors (Lipinski definition) is 1. The van der Waals surface area contributed by atoms with Gasteiger partial charge in [0.1, 0.15) is 0 Å². The van der Waals surface area contributed by atoms with Crippen molar-refractivity contribution in [2.24, 2.45) is 5.41 Å². The van der Waals surface area contributed by atoms with Crippen LogP contribution in [-0.4, -0.2) is 24.4 Å². The molecule has 0 spiro atoms. The van der Waals surface area contributed by atoms with Gasteiger partial charge >= 0.3 is 0 Å². The molecule has 1 aliphatic rings. The minimum atomic E-state index is -0.164. The van der Waals surface area contributed by atoms with Crippen LogP contribution < -0.4 is 0 Å². The van der Waals surface area contributed by atoms with Crippen molar-refractivity contribution >= 4 is 0 Å². The fourth-order valence-corrected chi connectivity index (χ4v) is 1.26. The van der Waals surface area contributed by atoms with E-state index in [1.54, 1.807) is 7.11 Å². The molecular weight excluding hydrogens is 116 g/mol. The lowest BCUT2D eigenvalue weighted by Crippen LogP contribution is -2.53. The zero-order valence-corrected chi connectivity index (χ0v) is 6.22. The molecule has 2 atom stereocenters. The topological polar surface area (TPSA) is 29.5 Å². The lowest BCUT2D eigenvalue weighted by molar-refractivity contribution is -0.162. The Bertz CT molecular complexity index is 109. The Labute approximate surface area is 55.8 Å². The summed E-state index contributed by atoms with van der Waals surface area (Å²) in [5.41, 5.74) is -0.0191. The van der Waals surface area contributed by atoms with Crippen molar-refractivity contribution in [1.82, 2.24) is 0 Å². The van der Waals surface area contributed by atoms with E-state index < -0.39 is 0 Å². The highest BCUT2D eigenvalue weighted by Crippen LogP contribution is 2.41. The van der Waals surface area contributed by atoms with Crippen LogP contribution in [0.2, 0.25) is 0 Å². The average Bonchev–Trinajstić information content (AvgIpc) is 1.82. The van der Waals surface area contributed by atoms with Crippen LogP contribution in [0.5, 0.6) is 0 Å². The van der Waals surface area contributed by atoms with Crippen LogP contribution in [0.3, 0.4) is 0 Å². The summed E-state index contributed by atoms with van der Waals surface area (Å²) in [4.78, 5) is 0. The summed E-state index contributed by atoms with van der Waals surface area (Å²) < 4.78 is 5.11. The van der Waals surface area contributed by atoms with Crippen LogP contribution in [-0.2, 0) is 4.74 Å². The lowest BCUT2D eigenvalue weighted by atomic mass is 9.66. The number of methoxy groups -OCH3 is 1. The van der Waals surface area contributed by atoms with E-state index in [2.05, 4.69) is 0 Å². The largest absolute Gasteiger partial charge is 0.392 e. The van der Waals surface area contributed by atoms with Gasteiger partial charge in [0, 0.05) is 18.9 Å². The predicted octanol–water partition coefficient (Wildman–Crippen LogP) is 0.792. The molecule has 0 amide bonds. The number of hydrogen-bond acceptors (Lipinski definition) is 2. The van der Waals surface area contributed by atoms with Gasteiger partial charge in [-0.05, 0) is 0 Å². The van der Waals surface area contributed by atoms with Crippen molar-refractivity contribution in [3.05, 3.63) is 0 Å². The third-order valence-electron chi connectivity index (χ3n) is 2.41. The molecular formula is C7H14O2. The van der Waals surface area contributed by atoms with Gasteiger partial charge in [-0.15, -0.1) is 0 Å². The Morgan fingerprint density at radius 3 is 2.22 bits per heavy atom. The standard InChI is InChI=1S/C7H14O2/c1-7(2)5(8)4-6(7)9-3/h5-6,8H,4H2,1-3H3/t5-,6-/m0/s1. The van der Waals surface area contributed by atoms with E-state index in [1.807, 2.05) is 13.8 Å². The highest BCUT2D eigenvalue weighted by atomic mass is 16.5. The highest BCUT2D eigenvalue weighted by Gasteiger charge is 2.47. The maximum atomic E-state index is 9.20. The van der Waals surface area contributed by atoms with Crippen LogP contribution >= 0.6 is 0 Å². The zero-order chi connectivity index (χ0) is 7.07. The quantitative estimate of drug-likeness (QED) is 0.568. The van der Waals surface area contributed by atoms with Gasteiger partial charge in [-0.3, -0.25) is 0 Å².